The van der Waals surface area contributed by atoms with Gasteiger partial charge in [0.25, 0.3) is 5.91 Å². The third kappa shape index (κ3) is 4.11. The molecule has 1 N–H and O–H groups in total. The van der Waals surface area contributed by atoms with Gasteiger partial charge in [-0.25, -0.2) is 8.42 Å². The molecule has 0 radical (unpaired) electrons. The Morgan fingerprint density at radius 3 is 2.46 bits per heavy atom. The highest BCUT2D eigenvalue weighted by Gasteiger charge is 2.32. The van der Waals surface area contributed by atoms with Crippen molar-refractivity contribution in [3.63, 3.8) is 0 Å². The minimum atomic E-state index is -3.48. The summed E-state index contributed by atoms with van der Waals surface area (Å²) in [5, 5.41) is 0. The summed E-state index contributed by atoms with van der Waals surface area (Å²) >= 11 is 0. The number of piperazine rings is 1. The van der Waals surface area contributed by atoms with Crippen LogP contribution in [0.2, 0.25) is 0 Å². The monoisotopic (exact) mass is 406 g/mol. The third-order valence-corrected chi connectivity index (χ3v) is 8.58. The highest BCUT2D eigenvalue weighted by atomic mass is 32.2. The van der Waals surface area contributed by atoms with E-state index in [1.165, 1.54) is 28.9 Å². The van der Waals surface area contributed by atoms with Crippen LogP contribution in [0.15, 0.2) is 23.1 Å². The summed E-state index contributed by atoms with van der Waals surface area (Å²) in [7, 11) is -3.48. The van der Waals surface area contributed by atoms with Gasteiger partial charge in [-0.15, -0.1) is 0 Å². The van der Waals surface area contributed by atoms with Crippen molar-refractivity contribution < 1.29 is 18.1 Å². The lowest BCUT2D eigenvalue weighted by Crippen LogP contribution is -3.14. The summed E-state index contributed by atoms with van der Waals surface area (Å²) < 4.78 is 27.6. The fourth-order valence-corrected chi connectivity index (χ4v) is 6.18. The number of likely N-dealkylation sites (tertiary alicyclic amines) is 1. The van der Waals surface area contributed by atoms with Gasteiger partial charge in [-0.1, -0.05) is 13.0 Å². The predicted molar refractivity (Wildman–Crippen MR) is 108 cm³/mol. The number of piperidine rings is 1. The van der Waals surface area contributed by atoms with Crippen molar-refractivity contribution in [3.05, 3.63) is 29.3 Å². The SMILES string of the molecule is CC1CC[NH+](CC(=O)N2CCN(S(=O)(=O)c3ccc4c(c3)CCC4)CC2)CC1. The molecule has 0 bridgehead atoms. The number of rotatable bonds is 4. The molecule has 28 heavy (non-hydrogen) atoms. The van der Waals surface area contributed by atoms with Gasteiger partial charge < -0.3 is 9.80 Å². The molecule has 6 nitrogen and oxygen atoms in total. The van der Waals surface area contributed by atoms with E-state index in [1.807, 2.05) is 17.0 Å². The Hall–Kier alpha value is -1.44. The van der Waals surface area contributed by atoms with Gasteiger partial charge in [-0.3, -0.25) is 4.79 Å². The van der Waals surface area contributed by atoms with Crippen molar-refractivity contribution in [3.8, 4) is 0 Å². The maximum Gasteiger partial charge on any atom is 0.277 e. The second-order valence-electron chi connectivity index (χ2n) is 8.68. The normalized spacial score (nSPS) is 26.2. The van der Waals surface area contributed by atoms with Crippen molar-refractivity contribution in [1.82, 2.24) is 9.21 Å². The first-order chi connectivity index (χ1) is 13.4. The van der Waals surface area contributed by atoms with Crippen LogP contribution in [-0.2, 0) is 27.7 Å². The molecule has 2 fully saturated rings. The second-order valence-corrected chi connectivity index (χ2v) is 10.6. The number of hydrogen-bond acceptors (Lipinski definition) is 3. The molecule has 1 aliphatic carbocycles. The number of benzene rings is 1. The number of aryl methyl sites for hydroxylation is 2. The molecule has 0 unspecified atom stereocenters. The molecule has 1 amide bonds. The van der Waals surface area contributed by atoms with Crippen molar-refractivity contribution >= 4 is 15.9 Å². The number of fused-ring (bicyclic) bond motifs is 1. The molecule has 1 aromatic rings. The number of quaternary nitrogens is 1. The predicted octanol–water partition coefficient (Wildman–Crippen LogP) is 0.323. The van der Waals surface area contributed by atoms with E-state index in [0.717, 1.165) is 38.3 Å². The fourth-order valence-electron chi connectivity index (χ4n) is 4.71. The Morgan fingerprint density at radius 2 is 1.75 bits per heavy atom. The van der Waals surface area contributed by atoms with Crippen LogP contribution in [0, 0.1) is 5.92 Å². The molecule has 3 aliphatic rings. The van der Waals surface area contributed by atoms with Crippen LogP contribution < -0.4 is 4.90 Å². The van der Waals surface area contributed by atoms with E-state index in [4.69, 9.17) is 0 Å². The van der Waals surface area contributed by atoms with Crippen molar-refractivity contribution in [2.75, 3.05) is 45.8 Å². The van der Waals surface area contributed by atoms with Crippen molar-refractivity contribution in [1.29, 1.82) is 0 Å². The molecule has 2 saturated heterocycles. The highest BCUT2D eigenvalue weighted by molar-refractivity contribution is 7.89. The van der Waals surface area contributed by atoms with Gasteiger partial charge in [-0.05, 0) is 61.3 Å². The molecule has 4 rings (SSSR count). The van der Waals surface area contributed by atoms with E-state index in [0.29, 0.717) is 37.6 Å². The molecule has 2 aliphatic heterocycles. The first-order valence-corrected chi connectivity index (χ1v) is 12.1. The standard InChI is InChI=1S/C21H31N3O3S/c1-17-7-9-22(10-8-17)16-21(25)23-11-13-24(14-12-23)28(26,27)20-6-5-18-3-2-4-19(18)15-20/h5-6,15,17H,2-4,7-14,16H2,1H3/p+1. The Labute approximate surface area is 168 Å². The van der Waals surface area contributed by atoms with Crippen LogP contribution in [0.5, 0.6) is 0 Å². The van der Waals surface area contributed by atoms with Gasteiger partial charge in [0.15, 0.2) is 6.54 Å². The van der Waals surface area contributed by atoms with Gasteiger partial charge in [-0.2, -0.15) is 4.31 Å². The number of carbonyl (C=O) groups is 1. The lowest BCUT2D eigenvalue weighted by Gasteiger charge is -2.35. The molecule has 0 atom stereocenters. The first-order valence-electron chi connectivity index (χ1n) is 10.7. The summed E-state index contributed by atoms with van der Waals surface area (Å²) in [6.45, 7) is 6.72. The Morgan fingerprint density at radius 1 is 1.07 bits per heavy atom. The van der Waals surface area contributed by atoms with Gasteiger partial charge in [0.05, 0.1) is 18.0 Å². The summed E-state index contributed by atoms with van der Waals surface area (Å²) in [6, 6.07) is 5.57. The molecular formula is C21H32N3O3S+. The number of carbonyl (C=O) groups excluding carboxylic acids is 1. The zero-order valence-corrected chi connectivity index (χ0v) is 17.6. The summed E-state index contributed by atoms with van der Waals surface area (Å²) in [5.74, 6) is 0.936. The average Bonchev–Trinajstić information content (AvgIpc) is 3.17. The van der Waals surface area contributed by atoms with E-state index in [-0.39, 0.29) is 5.91 Å². The van der Waals surface area contributed by atoms with Crippen LogP contribution in [0.4, 0.5) is 0 Å². The maximum absolute atomic E-state index is 13.0. The van der Waals surface area contributed by atoms with E-state index >= 15 is 0 Å². The number of sulfonamides is 1. The van der Waals surface area contributed by atoms with Crippen LogP contribution in [0.25, 0.3) is 0 Å². The molecule has 0 aromatic heterocycles. The lowest BCUT2D eigenvalue weighted by molar-refractivity contribution is -0.898. The minimum Gasteiger partial charge on any atom is -0.335 e. The van der Waals surface area contributed by atoms with Crippen molar-refractivity contribution in [2.45, 2.75) is 43.9 Å². The van der Waals surface area contributed by atoms with Crippen LogP contribution in [0.1, 0.15) is 37.3 Å². The quantitative estimate of drug-likeness (QED) is 0.784. The summed E-state index contributed by atoms with van der Waals surface area (Å²) in [4.78, 5) is 16.3. The van der Waals surface area contributed by atoms with Crippen LogP contribution in [-0.4, -0.2) is 69.3 Å². The molecule has 0 spiro atoms. The fraction of sp³-hybridized carbons (Fsp3) is 0.667. The zero-order valence-electron chi connectivity index (χ0n) is 16.8. The topological polar surface area (TPSA) is 62.1 Å². The Balaban J connectivity index is 1.33. The second kappa shape index (κ2) is 8.13. The Kier molecular flexibility index (Phi) is 5.76. The number of amides is 1. The van der Waals surface area contributed by atoms with Gasteiger partial charge in [0, 0.05) is 26.2 Å². The first kappa shape index (κ1) is 19.9. The highest BCUT2D eigenvalue weighted by Crippen LogP contribution is 2.26. The smallest absolute Gasteiger partial charge is 0.277 e. The Bertz CT molecular complexity index is 823. The number of hydrogen-bond donors (Lipinski definition) is 1. The maximum atomic E-state index is 13.0. The van der Waals surface area contributed by atoms with Gasteiger partial charge >= 0.3 is 0 Å². The number of nitrogens with one attached hydrogen (secondary N) is 1. The van der Waals surface area contributed by atoms with E-state index < -0.39 is 10.0 Å². The molecule has 7 heteroatoms. The molecule has 154 valence electrons. The summed E-state index contributed by atoms with van der Waals surface area (Å²) in [6.07, 6.45) is 5.51. The van der Waals surface area contributed by atoms with Gasteiger partial charge in [0.1, 0.15) is 0 Å². The van der Waals surface area contributed by atoms with Crippen LogP contribution >= 0.6 is 0 Å². The minimum absolute atomic E-state index is 0.166. The van der Waals surface area contributed by atoms with Gasteiger partial charge in [0.2, 0.25) is 10.0 Å². The van der Waals surface area contributed by atoms with Crippen LogP contribution in [0.3, 0.4) is 0 Å². The largest absolute Gasteiger partial charge is 0.335 e. The molecule has 0 saturated carbocycles. The molecule has 1 aromatic carbocycles. The zero-order chi connectivity index (χ0) is 19.7. The molecular weight excluding hydrogens is 374 g/mol. The third-order valence-electron chi connectivity index (χ3n) is 6.68. The lowest BCUT2D eigenvalue weighted by atomic mass is 9.99. The number of nitrogens with zero attached hydrogens (tertiary/aromatic N) is 2. The average molecular weight is 407 g/mol. The van der Waals surface area contributed by atoms with E-state index in [1.54, 1.807) is 10.4 Å². The van der Waals surface area contributed by atoms with E-state index in [2.05, 4.69) is 6.92 Å². The molecule has 2 heterocycles. The summed E-state index contributed by atoms with van der Waals surface area (Å²) in [5.41, 5.74) is 2.46. The van der Waals surface area contributed by atoms with Crippen molar-refractivity contribution in [2.24, 2.45) is 5.92 Å². The van der Waals surface area contributed by atoms with E-state index in [9.17, 15) is 13.2 Å².